The van der Waals surface area contributed by atoms with Crippen molar-refractivity contribution >= 4 is 6.03 Å². The normalized spacial score (nSPS) is 25.2. The zero-order valence-corrected chi connectivity index (χ0v) is 15.6. The van der Waals surface area contributed by atoms with Gasteiger partial charge in [-0.2, -0.15) is 5.10 Å². The Hall–Kier alpha value is -1.60. The van der Waals surface area contributed by atoms with Gasteiger partial charge in [-0.1, -0.05) is 0 Å². The number of urea groups is 1. The second-order valence-electron chi connectivity index (χ2n) is 7.27. The van der Waals surface area contributed by atoms with Crippen molar-refractivity contribution in [2.75, 3.05) is 33.8 Å². The topological polar surface area (TPSA) is 62.6 Å². The lowest BCUT2D eigenvalue weighted by Crippen LogP contribution is -2.51. The van der Waals surface area contributed by atoms with Crippen molar-refractivity contribution in [3.8, 4) is 0 Å². The molecule has 25 heavy (non-hydrogen) atoms. The molecule has 140 valence electrons. The van der Waals surface area contributed by atoms with Crippen LogP contribution in [0.1, 0.15) is 44.3 Å². The van der Waals surface area contributed by atoms with Gasteiger partial charge < -0.3 is 19.9 Å². The van der Waals surface area contributed by atoms with E-state index in [4.69, 9.17) is 4.74 Å². The molecule has 2 amide bonds. The molecule has 2 fully saturated rings. The number of amides is 2. The van der Waals surface area contributed by atoms with Crippen molar-refractivity contribution < 1.29 is 9.53 Å². The van der Waals surface area contributed by atoms with E-state index in [1.807, 2.05) is 29.9 Å². The minimum absolute atomic E-state index is 0.0792. The van der Waals surface area contributed by atoms with Crippen LogP contribution in [0.15, 0.2) is 12.4 Å². The van der Waals surface area contributed by atoms with Crippen LogP contribution < -0.4 is 5.32 Å². The first kappa shape index (κ1) is 18.2. The highest BCUT2D eigenvalue weighted by atomic mass is 16.5. The minimum Gasteiger partial charge on any atom is -0.372 e. The van der Waals surface area contributed by atoms with E-state index in [9.17, 15) is 4.79 Å². The molecule has 2 aliphatic rings. The third-order valence-electron chi connectivity index (χ3n) is 5.23. The van der Waals surface area contributed by atoms with Gasteiger partial charge in [0.2, 0.25) is 0 Å². The first-order valence-electron chi connectivity index (χ1n) is 9.44. The van der Waals surface area contributed by atoms with Gasteiger partial charge >= 0.3 is 6.03 Å². The van der Waals surface area contributed by atoms with E-state index in [0.29, 0.717) is 12.1 Å². The SMILES string of the molecule is CCn1cc([C@H]2OCCC[C@@H]2NC2CCN(C(=O)N(C)C)CC2)cn1. The Bertz CT molecular complexity index is 566. The quantitative estimate of drug-likeness (QED) is 0.901. The Morgan fingerprint density at radius 2 is 2.12 bits per heavy atom. The second kappa shape index (κ2) is 8.19. The Balaban J connectivity index is 1.56. The lowest BCUT2D eigenvalue weighted by atomic mass is 9.95. The van der Waals surface area contributed by atoms with Gasteiger partial charge in [-0.3, -0.25) is 4.68 Å². The molecule has 0 spiro atoms. The van der Waals surface area contributed by atoms with E-state index in [2.05, 4.69) is 23.5 Å². The van der Waals surface area contributed by atoms with E-state index in [0.717, 1.165) is 51.9 Å². The maximum absolute atomic E-state index is 12.1. The molecule has 0 aliphatic carbocycles. The molecule has 2 atom stereocenters. The summed E-state index contributed by atoms with van der Waals surface area (Å²) in [5.41, 5.74) is 1.17. The van der Waals surface area contributed by atoms with Crippen LogP contribution in [0.25, 0.3) is 0 Å². The van der Waals surface area contributed by atoms with Crippen LogP contribution in [0.3, 0.4) is 0 Å². The molecule has 3 heterocycles. The molecule has 7 heteroatoms. The zero-order chi connectivity index (χ0) is 17.8. The fourth-order valence-electron chi connectivity index (χ4n) is 3.80. The van der Waals surface area contributed by atoms with Crippen molar-refractivity contribution in [3.05, 3.63) is 18.0 Å². The number of likely N-dealkylation sites (tertiary alicyclic amines) is 1. The van der Waals surface area contributed by atoms with E-state index < -0.39 is 0 Å². The van der Waals surface area contributed by atoms with Crippen LogP contribution >= 0.6 is 0 Å². The van der Waals surface area contributed by atoms with E-state index in [-0.39, 0.29) is 12.1 Å². The third kappa shape index (κ3) is 4.33. The number of aromatic nitrogens is 2. The number of aryl methyl sites for hydroxylation is 1. The molecule has 2 aliphatic heterocycles. The molecular formula is C18H31N5O2. The number of carbonyl (C=O) groups is 1. The van der Waals surface area contributed by atoms with Crippen LogP contribution in [0.5, 0.6) is 0 Å². The maximum Gasteiger partial charge on any atom is 0.319 e. The van der Waals surface area contributed by atoms with E-state index >= 15 is 0 Å². The summed E-state index contributed by atoms with van der Waals surface area (Å²) in [5, 5.41) is 8.21. The Labute approximate surface area is 150 Å². The maximum atomic E-state index is 12.1. The molecular weight excluding hydrogens is 318 g/mol. The summed E-state index contributed by atoms with van der Waals surface area (Å²) >= 11 is 0. The molecule has 1 aromatic rings. The Kier molecular flexibility index (Phi) is 5.96. The Morgan fingerprint density at radius 3 is 2.76 bits per heavy atom. The average molecular weight is 349 g/mol. The number of rotatable bonds is 4. The van der Waals surface area contributed by atoms with Gasteiger partial charge in [0.25, 0.3) is 0 Å². The average Bonchev–Trinajstić information content (AvgIpc) is 3.11. The lowest BCUT2D eigenvalue weighted by Gasteiger charge is -2.39. The standard InChI is InChI=1S/C18H31N5O2/c1-4-23-13-14(12-19-23)17-16(6-5-11-25-17)20-15-7-9-22(10-8-15)18(24)21(2)3/h12-13,15-17,20H,4-11H2,1-3H3/t16-,17+/m0/s1. The van der Waals surface area contributed by atoms with Crippen molar-refractivity contribution in [2.45, 2.75) is 57.3 Å². The largest absolute Gasteiger partial charge is 0.372 e. The van der Waals surface area contributed by atoms with Gasteiger partial charge in [-0.25, -0.2) is 4.79 Å². The minimum atomic E-state index is 0.0792. The molecule has 7 nitrogen and oxygen atoms in total. The molecule has 3 rings (SSSR count). The number of piperidine rings is 1. The molecule has 0 saturated carbocycles. The molecule has 1 aromatic heterocycles. The molecule has 0 unspecified atom stereocenters. The zero-order valence-electron chi connectivity index (χ0n) is 15.6. The van der Waals surface area contributed by atoms with Crippen molar-refractivity contribution in [3.63, 3.8) is 0 Å². The van der Waals surface area contributed by atoms with Gasteiger partial charge in [0.15, 0.2) is 0 Å². The number of hydrogen-bond donors (Lipinski definition) is 1. The van der Waals surface area contributed by atoms with Crippen LogP contribution in [-0.2, 0) is 11.3 Å². The van der Waals surface area contributed by atoms with Crippen molar-refractivity contribution in [1.82, 2.24) is 24.9 Å². The second-order valence-corrected chi connectivity index (χ2v) is 7.27. The smallest absolute Gasteiger partial charge is 0.319 e. The monoisotopic (exact) mass is 349 g/mol. The molecule has 2 saturated heterocycles. The van der Waals surface area contributed by atoms with Crippen molar-refractivity contribution in [2.24, 2.45) is 0 Å². The number of nitrogens with one attached hydrogen (secondary N) is 1. The van der Waals surface area contributed by atoms with Gasteiger partial charge in [-0.05, 0) is 32.6 Å². The number of ether oxygens (including phenoxy) is 1. The highest BCUT2D eigenvalue weighted by Gasteiger charge is 2.32. The molecule has 0 bridgehead atoms. The highest BCUT2D eigenvalue weighted by molar-refractivity contribution is 5.73. The van der Waals surface area contributed by atoms with Crippen LogP contribution in [0, 0.1) is 0 Å². The summed E-state index contributed by atoms with van der Waals surface area (Å²) in [6.07, 6.45) is 8.33. The third-order valence-corrected chi connectivity index (χ3v) is 5.23. The fourth-order valence-corrected chi connectivity index (χ4v) is 3.80. The first-order valence-corrected chi connectivity index (χ1v) is 9.44. The summed E-state index contributed by atoms with van der Waals surface area (Å²) in [6, 6.07) is 0.885. The summed E-state index contributed by atoms with van der Waals surface area (Å²) in [6.45, 7) is 5.43. The fraction of sp³-hybridized carbons (Fsp3) is 0.778. The summed E-state index contributed by atoms with van der Waals surface area (Å²) in [4.78, 5) is 15.7. The lowest BCUT2D eigenvalue weighted by molar-refractivity contribution is -0.0159. The van der Waals surface area contributed by atoms with Gasteiger partial charge in [0.1, 0.15) is 6.10 Å². The molecule has 1 N–H and O–H groups in total. The number of carbonyl (C=O) groups excluding carboxylic acids is 1. The van der Waals surface area contributed by atoms with E-state index in [1.54, 1.807) is 4.90 Å². The van der Waals surface area contributed by atoms with Gasteiger partial charge in [0, 0.05) is 64.2 Å². The van der Waals surface area contributed by atoms with Crippen LogP contribution in [0.4, 0.5) is 4.79 Å². The summed E-state index contributed by atoms with van der Waals surface area (Å²) in [5.74, 6) is 0. The predicted molar refractivity (Wildman–Crippen MR) is 96.4 cm³/mol. The first-order chi connectivity index (χ1) is 12.1. The van der Waals surface area contributed by atoms with E-state index in [1.165, 1.54) is 5.56 Å². The highest BCUT2D eigenvalue weighted by Crippen LogP contribution is 2.29. The van der Waals surface area contributed by atoms with Crippen LogP contribution in [-0.4, -0.2) is 71.5 Å². The number of nitrogens with zero attached hydrogens (tertiary/aromatic N) is 4. The summed E-state index contributed by atoms with van der Waals surface area (Å²) in [7, 11) is 3.63. The Morgan fingerprint density at radius 1 is 1.36 bits per heavy atom. The summed E-state index contributed by atoms with van der Waals surface area (Å²) < 4.78 is 8.03. The van der Waals surface area contributed by atoms with Gasteiger partial charge in [-0.15, -0.1) is 0 Å². The van der Waals surface area contributed by atoms with Gasteiger partial charge in [0.05, 0.1) is 6.20 Å². The molecule has 0 radical (unpaired) electrons. The predicted octanol–water partition coefficient (Wildman–Crippen LogP) is 1.86. The number of hydrogen-bond acceptors (Lipinski definition) is 4. The molecule has 0 aromatic carbocycles. The van der Waals surface area contributed by atoms with Crippen molar-refractivity contribution in [1.29, 1.82) is 0 Å². The van der Waals surface area contributed by atoms with Crippen LogP contribution in [0.2, 0.25) is 0 Å².